The van der Waals surface area contributed by atoms with Crippen molar-refractivity contribution in [1.29, 1.82) is 0 Å². The number of aliphatic hydroxyl groups is 2. The van der Waals surface area contributed by atoms with Crippen molar-refractivity contribution in [2.45, 2.75) is 159 Å². The molecular weight excluding hydrogens is 492 g/mol. The molecule has 3 aliphatic heterocycles. The van der Waals surface area contributed by atoms with E-state index in [2.05, 4.69) is 54.3 Å². The van der Waals surface area contributed by atoms with Gasteiger partial charge >= 0.3 is 0 Å². The highest BCUT2D eigenvalue weighted by Gasteiger charge is 2.69. The Balaban J connectivity index is 2.04. The fraction of sp³-hybridized carbons (Fsp3) is 0.929. The summed E-state index contributed by atoms with van der Waals surface area (Å²) in [5, 5.41) is 22.9. The first-order valence-corrected chi connectivity index (χ1v) is 17.1. The molecule has 0 saturated carbocycles. The number of rotatable bonds is 12. The monoisotopic (exact) mass is 544 g/mol. The smallest absolute Gasteiger partial charge is 0.222 e. The van der Waals surface area contributed by atoms with Crippen LogP contribution in [0.3, 0.4) is 0 Å². The Bertz CT molecular complexity index is 775. The Labute approximate surface area is 225 Å². The Morgan fingerprint density at radius 1 is 1.00 bits per heavy atom. The van der Waals surface area contributed by atoms with E-state index in [-0.39, 0.29) is 11.5 Å². The highest BCUT2D eigenvalue weighted by atomic mass is 28.4. The Morgan fingerprint density at radius 3 is 2.08 bits per heavy atom. The molecule has 7 atom stereocenters. The van der Waals surface area contributed by atoms with Crippen LogP contribution in [0, 0.1) is 0 Å². The average molecular weight is 545 g/mol. The summed E-state index contributed by atoms with van der Waals surface area (Å²) in [7, 11) is -2.33. The molecule has 0 aromatic heterocycles. The minimum atomic E-state index is -2.33. The largest absolute Gasteiger partial charge is 0.408 e. The SMILES string of the molecule is C=CCC[C@H](O)[C@]1(O)O[C@@H]([C@H](O[Si](C)(C)C(C)(C)C)[C@H]2COC(CC)(CC)O2)[C@H]2OC(CC)(CC)O[C@H]21. The van der Waals surface area contributed by atoms with Gasteiger partial charge in [-0.1, -0.05) is 54.5 Å². The molecule has 2 N–H and O–H groups in total. The number of allylic oxidation sites excluding steroid dienone is 1. The van der Waals surface area contributed by atoms with E-state index in [0.29, 0.717) is 38.7 Å². The summed E-state index contributed by atoms with van der Waals surface area (Å²) in [4.78, 5) is 0. The van der Waals surface area contributed by atoms with E-state index in [1.807, 2.05) is 13.8 Å². The van der Waals surface area contributed by atoms with Gasteiger partial charge in [0.25, 0.3) is 0 Å². The first-order chi connectivity index (χ1) is 17.2. The van der Waals surface area contributed by atoms with E-state index in [9.17, 15) is 10.2 Å². The minimum Gasteiger partial charge on any atom is -0.408 e. The molecule has 0 amide bonds. The fourth-order valence-electron chi connectivity index (χ4n) is 5.37. The van der Waals surface area contributed by atoms with E-state index in [1.54, 1.807) is 6.08 Å². The predicted octanol–water partition coefficient (Wildman–Crippen LogP) is 5.02. The van der Waals surface area contributed by atoms with Crippen LogP contribution in [0.4, 0.5) is 0 Å². The van der Waals surface area contributed by atoms with Crippen molar-refractivity contribution in [3.05, 3.63) is 12.7 Å². The summed E-state index contributed by atoms with van der Waals surface area (Å²) >= 11 is 0. The molecule has 3 aliphatic rings. The summed E-state index contributed by atoms with van der Waals surface area (Å²) in [6.07, 6.45) is 0.748. The molecule has 0 aliphatic carbocycles. The summed E-state index contributed by atoms with van der Waals surface area (Å²) in [6, 6.07) is 0. The quantitative estimate of drug-likeness (QED) is 0.261. The number of ether oxygens (including phenoxy) is 5. The third-order valence-corrected chi connectivity index (χ3v) is 13.6. The number of hydrogen-bond acceptors (Lipinski definition) is 8. The summed E-state index contributed by atoms with van der Waals surface area (Å²) < 4.78 is 39.2. The van der Waals surface area contributed by atoms with E-state index in [0.717, 1.165) is 0 Å². The summed E-state index contributed by atoms with van der Waals surface area (Å²) in [6.45, 7) is 23.2. The highest BCUT2D eigenvalue weighted by molar-refractivity contribution is 6.74. The molecule has 216 valence electrons. The minimum absolute atomic E-state index is 0.0707. The maximum absolute atomic E-state index is 11.9. The molecule has 3 saturated heterocycles. The standard InChI is InChI=1S/C28H52O8Si/c1-11-16-17-20(29)28(30)24-23(33-27(14-4,15-5)35-24)22(34-28)21(36-37(9,10)25(6,7)8)19-18-31-26(12-2,13-3)32-19/h11,19-24,29-30H,1,12-18H2,2-10H3/t19-,20+,21-,22+,23-,24-,28+/m1/s1. The van der Waals surface area contributed by atoms with Crippen molar-refractivity contribution in [3.8, 4) is 0 Å². The van der Waals surface area contributed by atoms with Gasteiger partial charge in [-0.3, -0.25) is 0 Å². The predicted molar refractivity (Wildman–Crippen MR) is 145 cm³/mol. The summed E-state index contributed by atoms with van der Waals surface area (Å²) in [5.74, 6) is -3.50. The third-order valence-electron chi connectivity index (χ3n) is 9.13. The van der Waals surface area contributed by atoms with Gasteiger partial charge < -0.3 is 38.3 Å². The molecule has 9 heteroatoms. The molecule has 3 rings (SSSR count). The van der Waals surface area contributed by atoms with Gasteiger partial charge in [-0.25, -0.2) is 0 Å². The van der Waals surface area contributed by atoms with Crippen molar-refractivity contribution in [3.63, 3.8) is 0 Å². The van der Waals surface area contributed by atoms with Gasteiger partial charge in [0.15, 0.2) is 19.9 Å². The zero-order valence-electron chi connectivity index (χ0n) is 24.5. The van der Waals surface area contributed by atoms with Gasteiger partial charge in [-0.15, -0.1) is 6.58 Å². The first kappa shape index (κ1) is 31.2. The van der Waals surface area contributed by atoms with Crippen LogP contribution in [0.5, 0.6) is 0 Å². The molecular formula is C28H52O8Si. The van der Waals surface area contributed by atoms with Crippen LogP contribution < -0.4 is 0 Å². The van der Waals surface area contributed by atoms with Crippen LogP contribution in [0.25, 0.3) is 0 Å². The molecule has 8 nitrogen and oxygen atoms in total. The summed E-state index contributed by atoms with van der Waals surface area (Å²) in [5.41, 5.74) is 0. The van der Waals surface area contributed by atoms with Crippen molar-refractivity contribution in [1.82, 2.24) is 0 Å². The Hall–Kier alpha value is -0.363. The topological polar surface area (TPSA) is 95.8 Å². The average Bonchev–Trinajstić information content (AvgIpc) is 3.53. The number of hydrogen-bond donors (Lipinski definition) is 2. The second-order valence-electron chi connectivity index (χ2n) is 12.4. The van der Waals surface area contributed by atoms with E-state index < -0.39 is 62.3 Å². The molecule has 3 heterocycles. The van der Waals surface area contributed by atoms with E-state index >= 15 is 0 Å². The Morgan fingerprint density at radius 2 is 1.59 bits per heavy atom. The zero-order valence-corrected chi connectivity index (χ0v) is 25.5. The van der Waals surface area contributed by atoms with Gasteiger partial charge in [0.2, 0.25) is 5.79 Å². The molecule has 3 fully saturated rings. The molecule has 0 unspecified atom stereocenters. The van der Waals surface area contributed by atoms with Crippen LogP contribution in [0.15, 0.2) is 12.7 Å². The van der Waals surface area contributed by atoms with E-state index in [1.165, 1.54) is 0 Å². The lowest BCUT2D eigenvalue weighted by atomic mass is 9.95. The van der Waals surface area contributed by atoms with Crippen molar-refractivity contribution in [2.24, 2.45) is 0 Å². The lowest BCUT2D eigenvalue weighted by Crippen LogP contribution is -2.55. The van der Waals surface area contributed by atoms with Gasteiger partial charge in [0.1, 0.15) is 36.6 Å². The van der Waals surface area contributed by atoms with Crippen molar-refractivity contribution >= 4 is 8.32 Å². The van der Waals surface area contributed by atoms with Gasteiger partial charge in [0, 0.05) is 0 Å². The van der Waals surface area contributed by atoms with Crippen molar-refractivity contribution in [2.75, 3.05) is 6.61 Å². The third kappa shape index (κ3) is 5.76. The molecule has 0 bridgehead atoms. The Kier molecular flexibility index (Phi) is 9.48. The lowest BCUT2D eigenvalue weighted by molar-refractivity contribution is -0.321. The van der Waals surface area contributed by atoms with Gasteiger partial charge in [0.05, 0.1) is 6.61 Å². The molecule has 37 heavy (non-hydrogen) atoms. The molecule has 0 aromatic rings. The molecule has 0 radical (unpaired) electrons. The molecule has 0 aromatic carbocycles. The zero-order chi connectivity index (χ0) is 27.9. The second-order valence-corrected chi connectivity index (χ2v) is 17.1. The van der Waals surface area contributed by atoms with Gasteiger partial charge in [-0.05, 0) is 56.7 Å². The van der Waals surface area contributed by atoms with Crippen LogP contribution >= 0.6 is 0 Å². The number of aliphatic hydroxyl groups excluding tert-OH is 1. The van der Waals surface area contributed by atoms with Crippen LogP contribution in [0.1, 0.15) is 87.0 Å². The highest BCUT2D eigenvalue weighted by Crippen LogP contribution is 2.51. The van der Waals surface area contributed by atoms with Gasteiger partial charge in [-0.2, -0.15) is 0 Å². The normalized spacial score (nSPS) is 34.9. The van der Waals surface area contributed by atoms with Crippen LogP contribution in [-0.4, -0.2) is 79.1 Å². The van der Waals surface area contributed by atoms with Crippen molar-refractivity contribution < 1.29 is 38.3 Å². The van der Waals surface area contributed by atoms with Crippen LogP contribution in [-0.2, 0) is 28.1 Å². The maximum atomic E-state index is 11.9. The van der Waals surface area contributed by atoms with E-state index in [4.69, 9.17) is 28.1 Å². The maximum Gasteiger partial charge on any atom is 0.222 e. The molecule has 0 spiro atoms. The fourth-order valence-corrected chi connectivity index (χ4v) is 6.69. The number of fused-ring (bicyclic) bond motifs is 1. The second kappa shape index (κ2) is 11.3. The lowest BCUT2D eigenvalue weighted by Gasteiger charge is -2.43. The van der Waals surface area contributed by atoms with Crippen LogP contribution in [0.2, 0.25) is 18.1 Å². The first-order valence-electron chi connectivity index (χ1n) is 14.2.